The van der Waals surface area contributed by atoms with Crippen LogP contribution in [0.2, 0.25) is 0 Å². The molecule has 1 aromatic carbocycles. The number of halogens is 1. The van der Waals surface area contributed by atoms with Crippen LogP contribution < -0.4 is 0 Å². The maximum Gasteiger partial charge on any atom is 0.162 e. The third kappa shape index (κ3) is 5.39. The minimum Gasteiger partial charge on any atom is -0.393 e. The van der Waals surface area contributed by atoms with Crippen LogP contribution in [0.15, 0.2) is 49.3 Å². The molecule has 4 heteroatoms. The van der Waals surface area contributed by atoms with E-state index in [1.807, 2.05) is 18.2 Å². The maximum absolute atomic E-state index is 14.2. The first kappa shape index (κ1) is 18.0. The second-order valence-corrected chi connectivity index (χ2v) is 5.83. The van der Waals surface area contributed by atoms with Crippen molar-refractivity contribution in [2.45, 2.75) is 38.7 Å². The van der Waals surface area contributed by atoms with Crippen LogP contribution in [0.5, 0.6) is 0 Å². The van der Waals surface area contributed by atoms with Crippen molar-refractivity contribution in [3.63, 3.8) is 0 Å². The molecule has 1 unspecified atom stereocenters. The van der Waals surface area contributed by atoms with E-state index < -0.39 is 0 Å². The smallest absolute Gasteiger partial charge is 0.162 e. The lowest BCUT2D eigenvalue weighted by molar-refractivity contribution is 0.182. The van der Waals surface area contributed by atoms with Crippen molar-refractivity contribution in [2.24, 2.45) is 0 Å². The predicted octanol–water partition coefficient (Wildman–Crippen LogP) is 4.58. The highest BCUT2D eigenvalue weighted by Crippen LogP contribution is 2.20. The number of hydrogen-bond donors (Lipinski definition) is 1. The van der Waals surface area contributed by atoms with Crippen LogP contribution in [0.4, 0.5) is 4.39 Å². The van der Waals surface area contributed by atoms with Crippen LogP contribution in [-0.2, 0) is 6.42 Å². The zero-order valence-electron chi connectivity index (χ0n) is 14.0. The van der Waals surface area contributed by atoms with Gasteiger partial charge >= 0.3 is 0 Å². The van der Waals surface area contributed by atoms with E-state index in [9.17, 15) is 9.50 Å². The van der Waals surface area contributed by atoms with E-state index in [0.29, 0.717) is 17.8 Å². The molecule has 0 aliphatic carbocycles. The summed E-state index contributed by atoms with van der Waals surface area (Å²) in [5.74, 6) is 0.0553. The van der Waals surface area contributed by atoms with E-state index in [2.05, 4.69) is 16.5 Å². The molecule has 2 rings (SSSR count). The summed E-state index contributed by atoms with van der Waals surface area (Å²) in [6.45, 7) is 5.45. The Labute approximate surface area is 142 Å². The molecule has 0 fully saturated rings. The molecule has 0 saturated carbocycles. The lowest BCUT2D eigenvalue weighted by Crippen LogP contribution is -1.97. The van der Waals surface area contributed by atoms with Gasteiger partial charge in [-0.25, -0.2) is 14.4 Å². The molecular weight excluding hydrogens is 303 g/mol. The highest BCUT2D eigenvalue weighted by molar-refractivity contribution is 5.57. The Kier molecular flexibility index (Phi) is 6.82. The van der Waals surface area contributed by atoms with Gasteiger partial charge in [0.25, 0.3) is 0 Å². The van der Waals surface area contributed by atoms with E-state index in [1.54, 1.807) is 31.5 Å². The Morgan fingerprint density at radius 2 is 2.04 bits per heavy atom. The molecule has 3 nitrogen and oxygen atoms in total. The Balaban J connectivity index is 2.01. The number of aliphatic hydroxyl groups excluding tert-OH is 1. The fraction of sp³-hybridized carbons (Fsp3) is 0.300. The number of rotatable bonds is 8. The minimum atomic E-state index is -0.323. The van der Waals surface area contributed by atoms with Gasteiger partial charge in [0.1, 0.15) is 5.82 Å². The van der Waals surface area contributed by atoms with E-state index in [4.69, 9.17) is 0 Å². The molecule has 0 amide bonds. The largest absolute Gasteiger partial charge is 0.393 e. The van der Waals surface area contributed by atoms with Crippen LogP contribution in [-0.4, -0.2) is 21.2 Å². The van der Waals surface area contributed by atoms with E-state index in [1.165, 1.54) is 6.07 Å². The number of unbranched alkanes of at least 4 members (excludes halogenated alkanes) is 1. The SMILES string of the molecule is C=CCc1ccc(-c2ncc(C=CCCCC(C)O)cn2)c(F)c1. The molecule has 1 N–H and O–H groups in total. The molecule has 0 aliphatic rings. The number of hydrogen-bond acceptors (Lipinski definition) is 3. The van der Waals surface area contributed by atoms with Crippen LogP contribution in [0.25, 0.3) is 17.5 Å². The maximum atomic E-state index is 14.2. The average Bonchev–Trinajstić information content (AvgIpc) is 2.55. The summed E-state index contributed by atoms with van der Waals surface area (Å²) in [7, 11) is 0. The van der Waals surface area contributed by atoms with Crippen molar-refractivity contribution in [1.82, 2.24) is 9.97 Å². The highest BCUT2D eigenvalue weighted by Gasteiger charge is 2.08. The highest BCUT2D eigenvalue weighted by atomic mass is 19.1. The monoisotopic (exact) mass is 326 g/mol. The van der Waals surface area contributed by atoms with Gasteiger partial charge in [-0.15, -0.1) is 6.58 Å². The zero-order valence-corrected chi connectivity index (χ0v) is 14.0. The summed E-state index contributed by atoms with van der Waals surface area (Å²) in [4.78, 5) is 8.50. The number of benzene rings is 1. The van der Waals surface area contributed by atoms with Crippen LogP contribution in [0.3, 0.4) is 0 Å². The number of aromatic nitrogens is 2. The van der Waals surface area contributed by atoms with Crippen molar-refractivity contribution in [3.8, 4) is 11.4 Å². The van der Waals surface area contributed by atoms with E-state index in [0.717, 1.165) is 30.4 Å². The molecule has 0 spiro atoms. The molecule has 1 atom stereocenters. The second-order valence-electron chi connectivity index (χ2n) is 5.83. The van der Waals surface area contributed by atoms with Gasteiger partial charge in [-0.05, 0) is 50.3 Å². The first-order valence-corrected chi connectivity index (χ1v) is 8.16. The Bertz CT molecular complexity index is 693. The second kappa shape index (κ2) is 9.08. The third-order valence-electron chi connectivity index (χ3n) is 3.63. The molecule has 0 radical (unpaired) electrons. The molecule has 126 valence electrons. The van der Waals surface area contributed by atoms with Gasteiger partial charge < -0.3 is 5.11 Å². The van der Waals surface area contributed by atoms with E-state index >= 15 is 0 Å². The van der Waals surface area contributed by atoms with Gasteiger partial charge in [0, 0.05) is 18.0 Å². The average molecular weight is 326 g/mol. The summed E-state index contributed by atoms with van der Waals surface area (Å²) < 4.78 is 14.2. The number of allylic oxidation sites excluding steroid dienone is 2. The zero-order chi connectivity index (χ0) is 17.4. The Morgan fingerprint density at radius 1 is 1.29 bits per heavy atom. The molecule has 2 aromatic rings. The molecule has 0 saturated heterocycles. The van der Waals surface area contributed by atoms with Crippen LogP contribution in [0.1, 0.15) is 37.3 Å². The quantitative estimate of drug-likeness (QED) is 0.571. The minimum absolute atomic E-state index is 0.256. The lowest BCUT2D eigenvalue weighted by atomic mass is 10.1. The van der Waals surface area contributed by atoms with Crippen molar-refractivity contribution < 1.29 is 9.50 Å². The van der Waals surface area contributed by atoms with Crippen molar-refractivity contribution in [3.05, 3.63) is 66.3 Å². The third-order valence-corrected chi connectivity index (χ3v) is 3.63. The predicted molar refractivity (Wildman–Crippen MR) is 95.9 cm³/mol. The van der Waals surface area contributed by atoms with Gasteiger partial charge in [0.15, 0.2) is 5.82 Å². The first-order chi connectivity index (χ1) is 11.6. The van der Waals surface area contributed by atoms with Crippen LogP contribution >= 0.6 is 0 Å². The van der Waals surface area contributed by atoms with Gasteiger partial charge in [-0.1, -0.05) is 24.3 Å². The molecule has 24 heavy (non-hydrogen) atoms. The number of nitrogens with zero attached hydrogens (tertiary/aromatic N) is 2. The standard InChI is InChI=1S/C20H23FN2O/c1-3-7-16-10-11-18(19(21)12-16)20-22-13-17(14-23-20)9-6-4-5-8-15(2)24/h3,6,9-15,24H,1,4-5,7-8H2,2H3. The Morgan fingerprint density at radius 3 is 2.67 bits per heavy atom. The molecule has 0 aliphatic heterocycles. The van der Waals surface area contributed by atoms with Crippen LogP contribution in [0, 0.1) is 5.82 Å². The van der Waals surface area contributed by atoms with Gasteiger partial charge in [0.05, 0.1) is 11.7 Å². The molecular formula is C20H23FN2O. The van der Waals surface area contributed by atoms with Crippen molar-refractivity contribution >= 4 is 6.08 Å². The molecule has 1 aromatic heterocycles. The van der Waals surface area contributed by atoms with E-state index in [-0.39, 0.29) is 11.9 Å². The topological polar surface area (TPSA) is 46.0 Å². The summed E-state index contributed by atoms with van der Waals surface area (Å²) >= 11 is 0. The molecule has 0 bridgehead atoms. The normalized spacial score (nSPS) is 12.5. The first-order valence-electron chi connectivity index (χ1n) is 8.16. The lowest BCUT2D eigenvalue weighted by Gasteiger charge is -2.04. The summed E-state index contributed by atoms with van der Waals surface area (Å²) in [6.07, 6.45) is 12.1. The van der Waals surface area contributed by atoms with Gasteiger partial charge in [-0.2, -0.15) is 0 Å². The molecule has 1 heterocycles. The summed E-state index contributed by atoms with van der Waals surface area (Å²) in [6, 6.07) is 5.06. The summed E-state index contributed by atoms with van der Waals surface area (Å²) in [5.41, 5.74) is 2.15. The van der Waals surface area contributed by atoms with Crippen molar-refractivity contribution in [2.75, 3.05) is 0 Å². The summed E-state index contributed by atoms with van der Waals surface area (Å²) in [5, 5.41) is 9.20. The fourth-order valence-electron chi connectivity index (χ4n) is 2.35. The van der Waals surface area contributed by atoms with Crippen molar-refractivity contribution in [1.29, 1.82) is 0 Å². The van der Waals surface area contributed by atoms with Gasteiger partial charge in [0.2, 0.25) is 0 Å². The fourth-order valence-corrected chi connectivity index (χ4v) is 2.35. The number of aliphatic hydroxyl groups is 1. The van der Waals surface area contributed by atoms with Gasteiger partial charge in [-0.3, -0.25) is 0 Å². The Hall–Kier alpha value is -2.33.